The molecule has 2 aromatic carbocycles. The lowest BCUT2D eigenvalue weighted by Gasteiger charge is -2.30. The van der Waals surface area contributed by atoms with Crippen LogP contribution in [-0.4, -0.2) is 59.5 Å². The normalized spacial score (nSPS) is 10.7. The van der Waals surface area contributed by atoms with Crippen molar-refractivity contribution in [2.24, 2.45) is 0 Å². The van der Waals surface area contributed by atoms with E-state index in [-0.39, 0.29) is 0 Å². The third kappa shape index (κ3) is 10.8. The summed E-state index contributed by atoms with van der Waals surface area (Å²) in [5, 5.41) is 0. The summed E-state index contributed by atoms with van der Waals surface area (Å²) in [6, 6.07) is 21.6. The molecule has 0 bridgehead atoms. The van der Waals surface area contributed by atoms with Gasteiger partial charge in [-0.3, -0.25) is 14.4 Å². The van der Waals surface area contributed by atoms with Gasteiger partial charge in [0.05, 0.1) is 26.2 Å². The number of hydrogen-bond acceptors (Lipinski definition) is 3. The fraction of sp³-hybridized carbons (Fsp3) is 0.480. The zero-order valence-electron chi connectivity index (χ0n) is 20.4. The van der Waals surface area contributed by atoms with Gasteiger partial charge >= 0.3 is 5.96 Å². The van der Waals surface area contributed by atoms with Crippen LogP contribution in [0.1, 0.15) is 53.4 Å². The molecule has 2 aromatic rings. The molecule has 0 unspecified atom stereocenters. The van der Waals surface area contributed by atoms with E-state index in [9.17, 15) is 0 Å². The van der Waals surface area contributed by atoms with Crippen molar-refractivity contribution < 1.29 is 17.5 Å². The Bertz CT molecular complexity index is 840. The van der Waals surface area contributed by atoms with E-state index in [1.165, 1.54) is 17.3 Å². The van der Waals surface area contributed by atoms with Crippen molar-refractivity contribution in [1.82, 2.24) is 14.4 Å². The Kier molecular flexibility index (Phi) is 13.4. The van der Waals surface area contributed by atoms with Gasteiger partial charge in [0.15, 0.2) is 0 Å². The Morgan fingerprint density at radius 2 is 1.00 bits per heavy atom. The molecule has 7 nitrogen and oxygen atoms in total. The minimum Gasteiger partial charge on any atom is -0.726 e. The molecular formula is C25H39N3O4S. The molecule has 0 heterocycles. The van der Waals surface area contributed by atoms with Crippen LogP contribution >= 0.6 is 0 Å². The van der Waals surface area contributed by atoms with Crippen molar-refractivity contribution in [1.29, 1.82) is 0 Å². The van der Waals surface area contributed by atoms with Gasteiger partial charge in [-0.05, 0) is 49.9 Å². The van der Waals surface area contributed by atoms with E-state index in [0.29, 0.717) is 0 Å². The predicted octanol–water partition coefficient (Wildman–Crippen LogP) is 5.13. The number of benzene rings is 2. The van der Waals surface area contributed by atoms with Crippen LogP contribution in [0.2, 0.25) is 0 Å². The average Bonchev–Trinajstić information content (AvgIpc) is 2.77. The Morgan fingerprint density at radius 3 is 1.24 bits per heavy atom. The van der Waals surface area contributed by atoms with Crippen molar-refractivity contribution in [3.05, 3.63) is 60.7 Å². The monoisotopic (exact) mass is 477 g/mol. The highest BCUT2D eigenvalue weighted by molar-refractivity contribution is 7.79. The van der Waals surface area contributed by atoms with Crippen LogP contribution in [0.3, 0.4) is 0 Å². The van der Waals surface area contributed by atoms with E-state index in [1.807, 2.05) is 0 Å². The van der Waals surface area contributed by atoms with Crippen LogP contribution in [-0.2, 0) is 10.4 Å². The maximum Gasteiger partial charge on any atom is 0.360 e. The van der Waals surface area contributed by atoms with Gasteiger partial charge in [0, 0.05) is 0 Å². The van der Waals surface area contributed by atoms with Crippen LogP contribution in [0.4, 0.5) is 11.4 Å². The summed E-state index contributed by atoms with van der Waals surface area (Å²) >= 11 is 0. The third-order valence-corrected chi connectivity index (χ3v) is 4.77. The first-order valence-corrected chi connectivity index (χ1v) is 13.1. The largest absolute Gasteiger partial charge is 0.726 e. The summed E-state index contributed by atoms with van der Waals surface area (Å²) in [5.74, 6) is 1.32. The maximum atomic E-state index is 8.63. The molecule has 0 spiro atoms. The van der Waals surface area contributed by atoms with Gasteiger partial charge in [-0.25, -0.2) is 8.42 Å². The lowest BCUT2D eigenvalue weighted by Crippen LogP contribution is -2.50. The number of nitrogens with zero attached hydrogens (tertiary/aromatic N) is 3. The van der Waals surface area contributed by atoms with Gasteiger partial charge in [-0.2, -0.15) is 4.58 Å². The molecule has 0 aliphatic heterocycles. The van der Waals surface area contributed by atoms with E-state index in [0.717, 1.165) is 51.9 Å². The van der Waals surface area contributed by atoms with Gasteiger partial charge in [0.2, 0.25) is 10.4 Å². The number of hydrogen-bond donors (Lipinski definition) is 1. The van der Waals surface area contributed by atoms with Crippen molar-refractivity contribution in [2.75, 3.05) is 26.2 Å². The van der Waals surface area contributed by atoms with Crippen LogP contribution in [0.15, 0.2) is 60.7 Å². The van der Waals surface area contributed by atoms with Crippen molar-refractivity contribution in [2.45, 2.75) is 53.4 Å². The highest BCUT2D eigenvalue weighted by atomic mass is 32.3. The fourth-order valence-electron chi connectivity index (χ4n) is 3.72. The molecule has 0 saturated carbocycles. The standard InChI is InChI=1S/C25H38N3.H2O4S/c1-5-19-26(20-6-2)25(27(21-7-3)22-8-4)28(23-15-11-9-12-16-23)24-17-13-10-14-18-24;1-5(2,3)4/h9-18H,5-8,19-22H2,1-4H3;(H2,1,2,3,4)/q+1;/p-1. The van der Waals surface area contributed by atoms with E-state index >= 15 is 0 Å². The molecule has 1 N–H and O–H groups in total. The number of para-hydroxylation sites is 2. The highest BCUT2D eigenvalue weighted by Crippen LogP contribution is 2.22. The summed E-state index contributed by atoms with van der Waals surface area (Å²) in [7, 11) is -4.92. The lowest BCUT2D eigenvalue weighted by molar-refractivity contribution is 0.307. The zero-order valence-corrected chi connectivity index (χ0v) is 21.2. The zero-order chi connectivity index (χ0) is 24.7. The smallest absolute Gasteiger partial charge is 0.360 e. The van der Waals surface area contributed by atoms with E-state index in [4.69, 9.17) is 17.5 Å². The lowest BCUT2D eigenvalue weighted by atomic mass is 10.2. The molecule has 184 valence electrons. The molecule has 0 aromatic heterocycles. The first kappa shape index (κ1) is 28.6. The minimum atomic E-state index is -4.92. The number of guanidine groups is 1. The number of rotatable bonds is 10. The topological polar surface area (TPSA) is 86.9 Å². The van der Waals surface area contributed by atoms with Crippen LogP contribution < -0.4 is 4.58 Å². The van der Waals surface area contributed by atoms with Gasteiger partial charge in [0.1, 0.15) is 11.4 Å². The van der Waals surface area contributed by atoms with Gasteiger partial charge in [-0.15, -0.1) is 0 Å². The van der Waals surface area contributed by atoms with Crippen LogP contribution in [0, 0.1) is 0 Å². The molecule has 0 aliphatic rings. The molecule has 0 atom stereocenters. The average molecular weight is 478 g/mol. The van der Waals surface area contributed by atoms with Crippen LogP contribution in [0.5, 0.6) is 0 Å². The van der Waals surface area contributed by atoms with Crippen LogP contribution in [0.25, 0.3) is 0 Å². The summed E-state index contributed by atoms with van der Waals surface area (Å²) in [6.45, 7) is 13.4. The molecule has 0 amide bonds. The van der Waals surface area contributed by atoms with Crippen molar-refractivity contribution >= 4 is 27.7 Å². The summed E-state index contributed by atoms with van der Waals surface area (Å²) in [6.07, 6.45) is 4.58. The first-order valence-electron chi connectivity index (χ1n) is 11.7. The van der Waals surface area contributed by atoms with Gasteiger partial charge in [-0.1, -0.05) is 64.1 Å². The van der Waals surface area contributed by atoms with E-state index in [2.05, 4.69) is 103 Å². The second kappa shape index (κ2) is 15.4. The van der Waals surface area contributed by atoms with Gasteiger partial charge in [0.25, 0.3) is 0 Å². The molecule has 2 rings (SSSR count). The summed E-state index contributed by atoms with van der Waals surface area (Å²) < 4.78 is 35.3. The molecule has 0 aliphatic carbocycles. The molecule has 8 heteroatoms. The van der Waals surface area contributed by atoms with Crippen molar-refractivity contribution in [3.8, 4) is 0 Å². The van der Waals surface area contributed by atoms with Crippen molar-refractivity contribution in [3.63, 3.8) is 0 Å². The quantitative estimate of drug-likeness (QED) is 0.168. The van der Waals surface area contributed by atoms with E-state index in [1.54, 1.807) is 0 Å². The predicted molar refractivity (Wildman–Crippen MR) is 136 cm³/mol. The highest BCUT2D eigenvalue weighted by Gasteiger charge is 2.29. The van der Waals surface area contributed by atoms with E-state index < -0.39 is 10.4 Å². The maximum absolute atomic E-state index is 8.63. The Labute approximate surface area is 199 Å². The molecule has 0 saturated heterocycles. The Balaban J connectivity index is 0.000000981. The Morgan fingerprint density at radius 1 is 0.727 bits per heavy atom. The van der Waals surface area contributed by atoms with Gasteiger partial charge < -0.3 is 4.55 Å². The minimum absolute atomic E-state index is 1.07. The second-order valence-corrected chi connectivity index (χ2v) is 8.56. The summed E-state index contributed by atoms with van der Waals surface area (Å²) in [5.41, 5.74) is 2.44. The molecule has 33 heavy (non-hydrogen) atoms. The third-order valence-electron chi connectivity index (χ3n) is 4.77. The molecular weight excluding hydrogens is 438 g/mol. The SMILES string of the molecule is CCCN(CCC)C(N(CCC)CCC)=[N+](c1ccccc1)c1ccccc1.O=S(=O)([O-])O. The molecule has 0 radical (unpaired) electrons. The first-order chi connectivity index (χ1) is 15.8. The second-order valence-electron chi connectivity index (χ2n) is 7.71. The fourth-order valence-corrected chi connectivity index (χ4v) is 3.72. The molecule has 0 fully saturated rings. The Hall–Kier alpha value is -2.42. The summed E-state index contributed by atoms with van der Waals surface area (Å²) in [4.78, 5) is 5.18.